The SMILES string of the molecule is Cc1cn(-c2ncc(C=O)cc2Cl)nc1C(=O)O. The molecule has 0 aliphatic carbocycles. The third-order valence-corrected chi connectivity index (χ3v) is 2.57. The fraction of sp³-hybridized carbons (Fsp3) is 0.0909. The summed E-state index contributed by atoms with van der Waals surface area (Å²) in [6, 6.07) is 1.44. The fourth-order valence-corrected chi connectivity index (χ4v) is 1.72. The lowest BCUT2D eigenvalue weighted by Gasteiger charge is -2.02. The van der Waals surface area contributed by atoms with Crippen molar-refractivity contribution in [1.82, 2.24) is 14.8 Å². The average molecular weight is 266 g/mol. The Hall–Kier alpha value is -2.21. The molecule has 0 aliphatic rings. The van der Waals surface area contributed by atoms with Crippen molar-refractivity contribution >= 4 is 23.9 Å². The molecule has 7 heteroatoms. The number of aryl methyl sites for hydroxylation is 1. The van der Waals surface area contributed by atoms with Gasteiger partial charge >= 0.3 is 5.97 Å². The molecule has 0 aromatic carbocycles. The number of aldehydes is 1. The van der Waals surface area contributed by atoms with Crippen molar-refractivity contribution in [3.63, 3.8) is 0 Å². The molecule has 0 saturated heterocycles. The van der Waals surface area contributed by atoms with Gasteiger partial charge in [0.05, 0.1) is 5.02 Å². The van der Waals surface area contributed by atoms with E-state index < -0.39 is 5.97 Å². The second kappa shape index (κ2) is 4.58. The first kappa shape index (κ1) is 12.3. The molecular weight excluding hydrogens is 258 g/mol. The smallest absolute Gasteiger partial charge is 0.356 e. The molecule has 2 rings (SSSR count). The Morgan fingerprint density at radius 1 is 1.56 bits per heavy atom. The van der Waals surface area contributed by atoms with Gasteiger partial charge in [0, 0.05) is 23.5 Å². The number of carbonyl (C=O) groups excluding carboxylic acids is 1. The van der Waals surface area contributed by atoms with E-state index in [2.05, 4.69) is 10.1 Å². The van der Waals surface area contributed by atoms with Gasteiger partial charge in [0.25, 0.3) is 0 Å². The number of hydrogen-bond acceptors (Lipinski definition) is 4. The third-order valence-electron chi connectivity index (χ3n) is 2.30. The van der Waals surface area contributed by atoms with Gasteiger partial charge in [0.15, 0.2) is 17.8 Å². The molecule has 2 aromatic heterocycles. The topological polar surface area (TPSA) is 85.1 Å². The van der Waals surface area contributed by atoms with Crippen LogP contribution in [0.15, 0.2) is 18.5 Å². The standard InChI is InChI=1S/C11H8ClN3O3/c1-6-4-15(14-9(6)11(17)18)10-8(12)2-7(5-16)3-13-10/h2-5H,1H3,(H,17,18). The van der Waals surface area contributed by atoms with Gasteiger partial charge in [-0.05, 0) is 13.0 Å². The molecule has 92 valence electrons. The maximum atomic E-state index is 10.9. The second-order valence-corrected chi connectivity index (χ2v) is 4.01. The summed E-state index contributed by atoms with van der Waals surface area (Å²) in [5.41, 5.74) is 0.776. The first-order chi connectivity index (χ1) is 8.52. The summed E-state index contributed by atoms with van der Waals surface area (Å²) >= 11 is 5.95. The highest BCUT2D eigenvalue weighted by Crippen LogP contribution is 2.19. The number of aromatic carboxylic acids is 1. The number of carbonyl (C=O) groups is 2. The normalized spacial score (nSPS) is 10.3. The molecule has 2 heterocycles. The summed E-state index contributed by atoms with van der Waals surface area (Å²) < 4.78 is 1.27. The van der Waals surface area contributed by atoms with Gasteiger partial charge < -0.3 is 5.11 Å². The first-order valence-electron chi connectivity index (χ1n) is 4.93. The molecule has 0 fully saturated rings. The predicted molar refractivity (Wildman–Crippen MR) is 63.5 cm³/mol. The van der Waals surface area contributed by atoms with E-state index in [1.165, 1.54) is 23.1 Å². The van der Waals surface area contributed by atoms with Gasteiger partial charge in [0.1, 0.15) is 0 Å². The summed E-state index contributed by atoms with van der Waals surface area (Å²) in [7, 11) is 0. The third kappa shape index (κ3) is 2.10. The Balaban J connectivity index is 2.52. The molecule has 0 aliphatic heterocycles. The molecule has 2 aromatic rings. The maximum Gasteiger partial charge on any atom is 0.356 e. The molecule has 0 saturated carbocycles. The number of carboxylic acid groups (broad SMARTS) is 1. The van der Waals surface area contributed by atoms with Crippen LogP contribution >= 0.6 is 11.6 Å². The van der Waals surface area contributed by atoms with Crippen LogP contribution in [0.5, 0.6) is 0 Å². The van der Waals surface area contributed by atoms with E-state index in [1.54, 1.807) is 6.92 Å². The summed E-state index contributed by atoms with van der Waals surface area (Å²) in [4.78, 5) is 25.4. The van der Waals surface area contributed by atoms with Crippen LogP contribution in [-0.4, -0.2) is 32.1 Å². The van der Waals surface area contributed by atoms with Crippen LogP contribution in [0.25, 0.3) is 5.82 Å². The van der Waals surface area contributed by atoms with Gasteiger partial charge in [0.2, 0.25) is 0 Å². The summed E-state index contributed by atoms with van der Waals surface area (Å²) in [6.07, 6.45) is 3.48. The van der Waals surface area contributed by atoms with Crippen LogP contribution in [0.2, 0.25) is 5.02 Å². The van der Waals surface area contributed by atoms with Crippen molar-refractivity contribution in [2.24, 2.45) is 0 Å². The zero-order valence-corrected chi connectivity index (χ0v) is 10.0. The zero-order valence-electron chi connectivity index (χ0n) is 9.29. The molecule has 6 nitrogen and oxygen atoms in total. The van der Waals surface area contributed by atoms with Crippen molar-refractivity contribution in [1.29, 1.82) is 0 Å². The van der Waals surface area contributed by atoms with Crippen LogP contribution in [0.4, 0.5) is 0 Å². The molecule has 1 N–H and O–H groups in total. The quantitative estimate of drug-likeness (QED) is 0.855. The predicted octanol–water partition coefficient (Wildman–Crippen LogP) is 1.74. The maximum absolute atomic E-state index is 10.9. The molecule has 0 bridgehead atoms. The number of hydrogen-bond donors (Lipinski definition) is 1. The van der Waals surface area contributed by atoms with E-state index in [4.69, 9.17) is 16.7 Å². The monoisotopic (exact) mass is 265 g/mol. The highest BCUT2D eigenvalue weighted by Gasteiger charge is 2.15. The Morgan fingerprint density at radius 3 is 2.78 bits per heavy atom. The first-order valence-corrected chi connectivity index (χ1v) is 5.31. The van der Waals surface area contributed by atoms with Gasteiger partial charge in [-0.15, -0.1) is 0 Å². The number of aromatic nitrogens is 3. The largest absolute Gasteiger partial charge is 0.476 e. The lowest BCUT2D eigenvalue weighted by molar-refractivity contribution is 0.0689. The molecule has 0 unspecified atom stereocenters. The van der Waals surface area contributed by atoms with Crippen LogP contribution in [-0.2, 0) is 0 Å². The van der Waals surface area contributed by atoms with Gasteiger partial charge in [-0.2, -0.15) is 5.10 Å². The Morgan fingerprint density at radius 2 is 2.28 bits per heavy atom. The van der Waals surface area contributed by atoms with E-state index in [-0.39, 0.29) is 16.5 Å². The Kier molecular flexibility index (Phi) is 3.12. The van der Waals surface area contributed by atoms with Crippen LogP contribution in [0, 0.1) is 6.92 Å². The van der Waals surface area contributed by atoms with E-state index in [1.807, 2.05) is 0 Å². The molecule has 18 heavy (non-hydrogen) atoms. The minimum absolute atomic E-state index is 0.0627. The molecule has 0 amide bonds. The number of carboxylic acids is 1. The summed E-state index contributed by atoms with van der Waals surface area (Å²) in [5.74, 6) is -0.843. The Bertz CT molecular complexity index is 636. The van der Waals surface area contributed by atoms with Crippen molar-refractivity contribution < 1.29 is 14.7 Å². The Labute approximate surface area is 107 Å². The van der Waals surface area contributed by atoms with Gasteiger partial charge in [-0.1, -0.05) is 11.6 Å². The molecule has 0 atom stereocenters. The van der Waals surface area contributed by atoms with E-state index in [0.29, 0.717) is 17.4 Å². The molecule has 0 spiro atoms. The number of rotatable bonds is 3. The minimum atomic E-state index is -1.12. The minimum Gasteiger partial charge on any atom is -0.476 e. The zero-order chi connectivity index (χ0) is 13.3. The van der Waals surface area contributed by atoms with Gasteiger partial charge in [-0.3, -0.25) is 4.79 Å². The van der Waals surface area contributed by atoms with Crippen molar-refractivity contribution in [3.05, 3.63) is 40.3 Å². The molecule has 0 radical (unpaired) electrons. The highest BCUT2D eigenvalue weighted by molar-refractivity contribution is 6.32. The fourth-order valence-electron chi connectivity index (χ4n) is 1.46. The van der Waals surface area contributed by atoms with Crippen molar-refractivity contribution in [2.75, 3.05) is 0 Å². The van der Waals surface area contributed by atoms with Crippen molar-refractivity contribution in [3.8, 4) is 5.82 Å². The van der Waals surface area contributed by atoms with E-state index in [0.717, 1.165) is 0 Å². The highest BCUT2D eigenvalue weighted by atomic mass is 35.5. The average Bonchev–Trinajstić information content (AvgIpc) is 2.71. The lowest BCUT2D eigenvalue weighted by atomic mass is 10.3. The second-order valence-electron chi connectivity index (χ2n) is 3.60. The number of halogens is 1. The lowest BCUT2D eigenvalue weighted by Crippen LogP contribution is -2.04. The van der Waals surface area contributed by atoms with Crippen LogP contribution in [0.1, 0.15) is 26.4 Å². The van der Waals surface area contributed by atoms with Crippen LogP contribution < -0.4 is 0 Å². The summed E-state index contributed by atoms with van der Waals surface area (Å²) in [5, 5.41) is 13.0. The van der Waals surface area contributed by atoms with Crippen molar-refractivity contribution in [2.45, 2.75) is 6.92 Å². The van der Waals surface area contributed by atoms with Gasteiger partial charge in [-0.25, -0.2) is 14.5 Å². The molecular formula is C11H8ClN3O3. The summed E-state index contributed by atoms with van der Waals surface area (Å²) in [6.45, 7) is 1.63. The van der Waals surface area contributed by atoms with E-state index in [9.17, 15) is 9.59 Å². The number of nitrogens with zero attached hydrogens (tertiary/aromatic N) is 3. The van der Waals surface area contributed by atoms with Crippen LogP contribution in [0.3, 0.4) is 0 Å². The van der Waals surface area contributed by atoms with E-state index >= 15 is 0 Å². The number of pyridine rings is 1.